The van der Waals surface area contributed by atoms with Crippen molar-refractivity contribution in [3.05, 3.63) is 28.0 Å². The molecule has 0 saturated carbocycles. The molecule has 0 aromatic carbocycles. The first kappa shape index (κ1) is 11.6. The summed E-state index contributed by atoms with van der Waals surface area (Å²) >= 11 is 1.43. The Balaban J connectivity index is 2.10. The van der Waals surface area contributed by atoms with Gasteiger partial charge in [0, 0.05) is 13.2 Å². The van der Waals surface area contributed by atoms with Gasteiger partial charge in [0.05, 0.1) is 21.8 Å². The van der Waals surface area contributed by atoms with Gasteiger partial charge in [-0.3, -0.25) is 9.67 Å². The minimum absolute atomic E-state index is 0.202. The van der Waals surface area contributed by atoms with E-state index >= 15 is 0 Å². The molecule has 0 fully saturated rings. The van der Waals surface area contributed by atoms with Gasteiger partial charge in [0.1, 0.15) is 6.61 Å². The smallest absolute Gasteiger partial charge is 0.359 e. The molecule has 0 saturated heterocycles. The third-order valence-electron chi connectivity index (χ3n) is 2.29. The number of esters is 1. The molecule has 2 aromatic rings. The van der Waals surface area contributed by atoms with Crippen LogP contribution in [0.1, 0.15) is 21.1 Å². The fraction of sp³-hybridized carbons (Fsp3) is 0.300. The molecule has 0 aliphatic heterocycles. The van der Waals surface area contributed by atoms with Gasteiger partial charge in [-0.1, -0.05) is 0 Å². The van der Waals surface area contributed by atoms with Crippen molar-refractivity contribution in [2.45, 2.75) is 13.5 Å². The summed E-state index contributed by atoms with van der Waals surface area (Å²) in [5.41, 5.74) is 8.72. The number of nitrogen functional groups attached to an aromatic ring is 1. The third kappa shape index (κ3) is 2.28. The van der Waals surface area contributed by atoms with Crippen molar-refractivity contribution < 1.29 is 9.53 Å². The Labute approximate surface area is 102 Å². The molecule has 0 spiro atoms. The Hall–Kier alpha value is -1.89. The number of thiazole rings is 1. The first-order chi connectivity index (χ1) is 8.09. The molecule has 2 rings (SSSR count). The molecule has 0 atom stereocenters. The minimum Gasteiger partial charge on any atom is -0.455 e. The summed E-state index contributed by atoms with van der Waals surface area (Å²) < 4.78 is 6.57. The van der Waals surface area contributed by atoms with Gasteiger partial charge in [-0.15, -0.1) is 11.3 Å². The highest BCUT2D eigenvalue weighted by Crippen LogP contribution is 2.17. The summed E-state index contributed by atoms with van der Waals surface area (Å²) in [6, 6.07) is 0. The molecule has 2 heterocycles. The van der Waals surface area contributed by atoms with Crippen LogP contribution in [0.15, 0.2) is 11.7 Å². The van der Waals surface area contributed by atoms with Gasteiger partial charge >= 0.3 is 5.97 Å². The number of carbonyl (C=O) groups is 1. The molecule has 0 bridgehead atoms. The minimum atomic E-state index is -0.473. The Bertz CT molecular complexity index is 533. The maximum Gasteiger partial charge on any atom is 0.359 e. The molecule has 0 radical (unpaired) electrons. The molecule has 6 nitrogen and oxygen atoms in total. The summed E-state index contributed by atoms with van der Waals surface area (Å²) in [4.78, 5) is 16.6. The number of nitrogens with two attached hydrogens (primary N) is 1. The van der Waals surface area contributed by atoms with E-state index in [1.807, 2.05) is 0 Å². The fourth-order valence-electron chi connectivity index (χ4n) is 1.44. The number of carbonyl (C=O) groups excluding carboxylic acids is 1. The lowest BCUT2D eigenvalue weighted by Gasteiger charge is -2.03. The Morgan fingerprint density at radius 1 is 1.65 bits per heavy atom. The van der Waals surface area contributed by atoms with E-state index in [2.05, 4.69) is 10.1 Å². The second-order valence-corrected chi connectivity index (χ2v) is 4.49. The van der Waals surface area contributed by atoms with Gasteiger partial charge in [0.15, 0.2) is 5.69 Å². The van der Waals surface area contributed by atoms with Crippen LogP contribution in [0, 0.1) is 6.92 Å². The van der Waals surface area contributed by atoms with Crippen molar-refractivity contribution in [3.8, 4) is 0 Å². The van der Waals surface area contributed by atoms with Crippen molar-refractivity contribution in [3.63, 3.8) is 0 Å². The second-order valence-electron chi connectivity index (χ2n) is 3.52. The summed E-state index contributed by atoms with van der Waals surface area (Å²) in [6.45, 7) is 1.95. The second kappa shape index (κ2) is 4.54. The zero-order valence-corrected chi connectivity index (χ0v) is 10.3. The molecule has 2 aromatic heterocycles. The summed E-state index contributed by atoms with van der Waals surface area (Å²) in [5.74, 6) is -0.473. The Morgan fingerprint density at radius 3 is 2.94 bits per heavy atom. The standard InChI is InChI=1S/C10H12N4O2S/c1-6-8(11)9(14(2)13-6)10(15)16-4-7-3-12-5-17-7/h3,5H,4,11H2,1-2H3. The molecule has 2 N–H and O–H groups in total. The quantitative estimate of drug-likeness (QED) is 0.828. The number of ether oxygens (including phenoxy) is 1. The first-order valence-electron chi connectivity index (χ1n) is 4.93. The van der Waals surface area contributed by atoms with Crippen LogP contribution in [-0.2, 0) is 18.4 Å². The van der Waals surface area contributed by atoms with Crippen molar-refractivity contribution in [1.29, 1.82) is 0 Å². The van der Waals surface area contributed by atoms with Crippen LogP contribution in [0.25, 0.3) is 0 Å². The monoisotopic (exact) mass is 252 g/mol. The largest absolute Gasteiger partial charge is 0.455 e. The molecule has 0 aliphatic rings. The molecule has 17 heavy (non-hydrogen) atoms. The van der Waals surface area contributed by atoms with E-state index in [0.717, 1.165) is 4.88 Å². The fourth-order valence-corrected chi connectivity index (χ4v) is 1.94. The lowest BCUT2D eigenvalue weighted by molar-refractivity contribution is 0.0465. The maximum atomic E-state index is 11.8. The van der Waals surface area contributed by atoms with Gasteiger partial charge in [-0.05, 0) is 6.92 Å². The molecule has 90 valence electrons. The topological polar surface area (TPSA) is 83.0 Å². The predicted octanol–water partition coefficient (Wildman–Crippen LogP) is 1.12. The molecule has 0 aliphatic carbocycles. The van der Waals surface area contributed by atoms with Crippen LogP contribution in [0.5, 0.6) is 0 Å². The number of hydrogen-bond donors (Lipinski definition) is 1. The van der Waals surface area contributed by atoms with Crippen molar-refractivity contribution in [2.75, 3.05) is 5.73 Å². The van der Waals surface area contributed by atoms with Gasteiger partial charge in [-0.2, -0.15) is 5.10 Å². The van der Waals surface area contributed by atoms with E-state index in [4.69, 9.17) is 10.5 Å². The van der Waals surface area contributed by atoms with E-state index in [1.54, 1.807) is 25.7 Å². The SMILES string of the molecule is Cc1nn(C)c(C(=O)OCc2cncs2)c1N. The van der Waals surface area contributed by atoms with Gasteiger partial charge < -0.3 is 10.5 Å². The van der Waals surface area contributed by atoms with E-state index in [-0.39, 0.29) is 12.3 Å². The van der Waals surface area contributed by atoms with Crippen LogP contribution < -0.4 is 5.73 Å². The van der Waals surface area contributed by atoms with E-state index in [1.165, 1.54) is 16.0 Å². The number of aromatic nitrogens is 3. The van der Waals surface area contributed by atoms with Crippen LogP contribution in [0.3, 0.4) is 0 Å². The van der Waals surface area contributed by atoms with Crippen molar-refractivity contribution >= 4 is 23.0 Å². The summed E-state index contributed by atoms with van der Waals surface area (Å²) in [5, 5.41) is 4.06. The van der Waals surface area contributed by atoms with E-state index in [9.17, 15) is 4.79 Å². The lowest BCUT2D eigenvalue weighted by atomic mass is 10.3. The molecule has 7 heteroatoms. The van der Waals surface area contributed by atoms with Gasteiger partial charge in [0.2, 0.25) is 0 Å². The highest BCUT2D eigenvalue weighted by Gasteiger charge is 2.19. The van der Waals surface area contributed by atoms with Crippen molar-refractivity contribution in [1.82, 2.24) is 14.8 Å². The summed E-state index contributed by atoms with van der Waals surface area (Å²) in [6.07, 6.45) is 1.66. The number of rotatable bonds is 3. The van der Waals surface area contributed by atoms with Crippen LogP contribution in [0.4, 0.5) is 5.69 Å². The zero-order chi connectivity index (χ0) is 12.4. The van der Waals surface area contributed by atoms with Crippen molar-refractivity contribution in [2.24, 2.45) is 7.05 Å². The highest BCUT2D eigenvalue weighted by atomic mass is 32.1. The molecule has 0 unspecified atom stereocenters. The lowest BCUT2D eigenvalue weighted by Crippen LogP contribution is -2.12. The number of nitrogens with zero attached hydrogens (tertiary/aromatic N) is 3. The zero-order valence-electron chi connectivity index (χ0n) is 9.51. The average molecular weight is 252 g/mol. The number of hydrogen-bond acceptors (Lipinski definition) is 6. The van der Waals surface area contributed by atoms with Crippen LogP contribution in [0.2, 0.25) is 0 Å². The van der Waals surface area contributed by atoms with Gasteiger partial charge in [-0.25, -0.2) is 4.79 Å². The highest BCUT2D eigenvalue weighted by molar-refractivity contribution is 7.09. The van der Waals surface area contributed by atoms with Gasteiger partial charge in [0.25, 0.3) is 0 Å². The molecular formula is C10H12N4O2S. The van der Waals surface area contributed by atoms with Crippen LogP contribution in [-0.4, -0.2) is 20.7 Å². The molecule has 0 amide bonds. The van der Waals surface area contributed by atoms with E-state index < -0.39 is 5.97 Å². The Kier molecular flexibility index (Phi) is 3.10. The predicted molar refractivity (Wildman–Crippen MR) is 63.6 cm³/mol. The third-order valence-corrected chi connectivity index (χ3v) is 3.04. The van der Waals surface area contributed by atoms with Crippen LogP contribution >= 0.6 is 11.3 Å². The maximum absolute atomic E-state index is 11.8. The average Bonchev–Trinajstić information content (AvgIpc) is 2.86. The van der Waals surface area contributed by atoms with E-state index in [0.29, 0.717) is 11.4 Å². The Morgan fingerprint density at radius 2 is 2.41 bits per heavy atom. The summed E-state index contributed by atoms with van der Waals surface area (Å²) in [7, 11) is 1.66. The number of anilines is 1. The molecular weight excluding hydrogens is 240 g/mol. The normalized spacial score (nSPS) is 10.5. The first-order valence-corrected chi connectivity index (χ1v) is 5.81. The number of aryl methyl sites for hydroxylation is 2.